The summed E-state index contributed by atoms with van der Waals surface area (Å²) in [6, 6.07) is 0. The van der Waals surface area contributed by atoms with E-state index >= 15 is 0 Å². The fourth-order valence-corrected chi connectivity index (χ4v) is 1.49. The minimum absolute atomic E-state index is 0.277. The summed E-state index contributed by atoms with van der Waals surface area (Å²) in [7, 11) is 0. The maximum Gasteiger partial charge on any atom is 0.186 e. The van der Waals surface area contributed by atoms with E-state index < -0.39 is 37.3 Å². The van der Waals surface area contributed by atoms with Crippen LogP contribution in [0.4, 0.5) is 0 Å². The van der Waals surface area contributed by atoms with E-state index in [-0.39, 0.29) is 6.61 Å². The Morgan fingerprint density at radius 2 is 1.81 bits per heavy atom. The first-order chi connectivity index (χ1) is 7.61. The fraction of sp³-hybridized carbons (Fsp3) is 1.00. The molecule has 0 aromatic carbocycles. The highest BCUT2D eigenvalue weighted by atomic mass is 16.7. The second-order valence-electron chi connectivity index (χ2n) is 3.71. The number of hydrogen-bond donors (Lipinski definition) is 5. The fourth-order valence-electron chi connectivity index (χ4n) is 1.49. The van der Waals surface area contributed by atoms with Crippen molar-refractivity contribution in [2.24, 2.45) is 5.73 Å². The van der Waals surface area contributed by atoms with E-state index in [0.717, 1.165) is 0 Å². The lowest BCUT2D eigenvalue weighted by Crippen LogP contribution is -2.59. The molecule has 16 heavy (non-hydrogen) atoms. The third kappa shape index (κ3) is 3.11. The Balaban J connectivity index is 2.50. The minimum Gasteiger partial charge on any atom is -0.394 e. The zero-order chi connectivity index (χ0) is 12.1. The van der Waals surface area contributed by atoms with Crippen LogP contribution in [0.1, 0.15) is 6.42 Å². The van der Waals surface area contributed by atoms with Crippen LogP contribution >= 0.6 is 0 Å². The van der Waals surface area contributed by atoms with E-state index in [1.807, 2.05) is 0 Å². The number of ether oxygens (including phenoxy) is 2. The molecule has 0 amide bonds. The molecule has 6 N–H and O–H groups in total. The molecular weight excluding hydrogens is 218 g/mol. The minimum atomic E-state index is -1.39. The Hall–Kier alpha value is -0.280. The van der Waals surface area contributed by atoms with Gasteiger partial charge < -0.3 is 35.6 Å². The van der Waals surface area contributed by atoms with E-state index in [1.165, 1.54) is 0 Å². The molecule has 7 nitrogen and oxygen atoms in total. The van der Waals surface area contributed by atoms with Crippen LogP contribution in [0, 0.1) is 0 Å². The Morgan fingerprint density at radius 1 is 1.12 bits per heavy atom. The van der Waals surface area contributed by atoms with Crippen molar-refractivity contribution in [3.63, 3.8) is 0 Å². The van der Waals surface area contributed by atoms with Gasteiger partial charge in [0, 0.05) is 0 Å². The third-order valence-corrected chi connectivity index (χ3v) is 2.48. The number of nitrogens with two attached hydrogens (primary N) is 1. The van der Waals surface area contributed by atoms with Gasteiger partial charge in [-0.25, -0.2) is 0 Å². The molecule has 96 valence electrons. The highest BCUT2D eigenvalue weighted by Crippen LogP contribution is 2.21. The Morgan fingerprint density at radius 3 is 2.38 bits per heavy atom. The summed E-state index contributed by atoms with van der Waals surface area (Å²) in [6.45, 7) is 0.262. The predicted molar refractivity (Wildman–Crippen MR) is 53.4 cm³/mol. The average molecular weight is 237 g/mol. The molecule has 1 aliphatic heterocycles. The molecule has 0 saturated carbocycles. The van der Waals surface area contributed by atoms with Gasteiger partial charge in [-0.15, -0.1) is 0 Å². The van der Waals surface area contributed by atoms with Crippen LogP contribution in [-0.4, -0.2) is 70.9 Å². The van der Waals surface area contributed by atoms with Crippen molar-refractivity contribution in [1.29, 1.82) is 0 Å². The molecule has 1 saturated heterocycles. The first-order valence-corrected chi connectivity index (χ1v) is 5.24. The van der Waals surface area contributed by atoms with Crippen molar-refractivity contribution < 1.29 is 29.9 Å². The molecule has 1 rings (SSSR count). The Bertz CT molecular complexity index is 202. The van der Waals surface area contributed by atoms with E-state index in [4.69, 9.17) is 20.3 Å². The summed E-state index contributed by atoms with van der Waals surface area (Å²) in [5.74, 6) is 0. The lowest BCUT2D eigenvalue weighted by Gasteiger charge is -2.39. The molecule has 0 bridgehead atoms. The zero-order valence-corrected chi connectivity index (χ0v) is 8.90. The van der Waals surface area contributed by atoms with Gasteiger partial charge in [0.1, 0.15) is 24.4 Å². The van der Waals surface area contributed by atoms with Gasteiger partial charge in [0.15, 0.2) is 6.29 Å². The molecule has 0 unspecified atom stereocenters. The second kappa shape index (κ2) is 6.45. The quantitative estimate of drug-likeness (QED) is 0.326. The first kappa shape index (κ1) is 13.8. The maximum atomic E-state index is 9.55. The van der Waals surface area contributed by atoms with Gasteiger partial charge in [-0.2, -0.15) is 0 Å². The van der Waals surface area contributed by atoms with E-state index in [9.17, 15) is 15.3 Å². The Labute approximate surface area is 93.4 Å². The molecule has 1 fully saturated rings. The standard InChI is InChI=1S/C9H19NO6/c10-2-1-3-15-9-8(14)7(13)6(12)5(4-11)16-9/h5-9,11-14H,1-4,10H2/t5-,6-,7-,8+,9+/m1/s1. The molecule has 0 radical (unpaired) electrons. The summed E-state index contributed by atoms with van der Waals surface area (Å²) in [5.41, 5.74) is 5.27. The molecule has 0 aliphatic carbocycles. The van der Waals surface area contributed by atoms with Gasteiger partial charge in [0.05, 0.1) is 13.2 Å². The highest BCUT2D eigenvalue weighted by molar-refractivity contribution is 4.88. The molecule has 1 heterocycles. The van der Waals surface area contributed by atoms with Crippen LogP contribution < -0.4 is 5.73 Å². The second-order valence-corrected chi connectivity index (χ2v) is 3.71. The van der Waals surface area contributed by atoms with Crippen LogP contribution in [0.5, 0.6) is 0 Å². The normalized spacial score (nSPS) is 39.9. The van der Waals surface area contributed by atoms with Crippen LogP contribution in [0.2, 0.25) is 0 Å². The lowest BCUT2D eigenvalue weighted by atomic mass is 9.99. The van der Waals surface area contributed by atoms with Gasteiger partial charge in [0.25, 0.3) is 0 Å². The van der Waals surface area contributed by atoms with Gasteiger partial charge in [-0.05, 0) is 13.0 Å². The molecular formula is C9H19NO6. The first-order valence-electron chi connectivity index (χ1n) is 5.24. The van der Waals surface area contributed by atoms with Crippen LogP contribution in [0.25, 0.3) is 0 Å². The molecule has 1 aliphatic rings. The average Bonchev–Trinajstić information content (AvgIpc) is 2.29. The number of rotatable bonds is 5. The van der Waals surface area contributed by atoms with Gasteiger partial charge in [-0.3, -0.25) is 0 Å². The number of aliphatic hydroxyl groups is 4. The summed E-state index contributed by atoms with van der Waals surface area (Å²) < 4.78 is 10.3. The molecule has 5 atom stereocenters. The number of aliphatic hydroxyl groups excluding tert-OH is 4. The molecule has 7 heteroatoms. The van der Waals surface area contributed by atoms with Crippen molar-refractivity contribution in [2.45, 2.75) is 37.1 Å². The zero-order valence-electron chi connectivity index (χ0n) is 8.90. The molecule has 0 aromatic rings. The predicted octanol–water partition coefficient (Wildman–Crippen LogP) is -2.85. The van der Waals surface area contributed by atoms with Crippen molar-refractivity contribution in [2.75, 3.05) is 19.8 Å². The van der Waals surface area contributed by atoms with Gasteiger partial charge in [0.2, 0.25) is 0 Å². The topological polar surface area (TPSA) is 125 Å². The summed E-state index contributed by atoms with van der Waals surface area (Å²) in [6.07, 6.45) is -5.48. The van der Waals surface area contributed by atoms with Crippen LogP contribution in [0.15, 0.2) is 0 Å². The van der Waals surface area contributed by atoms with Crippen molar-refractivity contribution in [3.05, 3.63) is 0 Å². The summed E-state index contributed by atoms with van der Waals surface area (Å²) >= 11 is 0. The smallest absolute Gasteiger partial charge is 0.186 e. The largest absolute Gasteiger partial charge is 0.394 e. The van der Waals surface area contributed by atoms with Crippen LogP contribution in [-0.2, 0) is 9.47 Å². The Kier molecular flexibility index (Phi) is 5.56. The van der Waals surface area contributed by atoms with Crippen molar-refractivity contribution in [3.8, 4) is 0 Å². The molecule has 0 spiro atoms. The van der Waals surface area contributed by atoms with E-state index in [1.54, 1.807) is 0 Å². The van der Waals surface area contributed by atoms with E-state index in [2.05, 4.69) is 0 Å². The third-order valence-electron chi connectivity index (χ3n) is 2.48. The van der Waals surface area contributed by atoms with Gasteiger partial charge >= 0.3 is 0 Å². The van der Waals surface area contributed by atoms with Crippen LogP contribution in [0.3, 0.4) is 0 Å². The van der Waals surface area contributed by atoms with Gasteiger partial charge in [-0.1, -0.05) is 0 Å². The summed E-state index contributed by atoms with van der Waals surface area (Å²) in [4.78, 5) is 0. The van der Waals surface area contributed by atoms with Crippen molar-refractivity contribution >= 4 is 0 Å². The maximum absolute atomic E-state index is 9.55. The van der Waals surface area contributed by atoms with Crippen molar-refractivity contribution in [1.82, 2.24) is 0 Å². The highest BCUT2D eigenvalue weighted by Gasteiger charge is 2.43. The number of hydrogen-bond acceptors (Lipinski definition) is 7. The van der Waals surface area contributed by atoms with E-state index in [0.29, 0.717) is 13.0 Å². The summed E-state index contributed by atoms with van der Waals surface area (Å²) in [5, 5.41) is 37.4. The molecule has 0 aromatic heterocycles. The monoisotopic (exact) mass is 237 g/mol. The SMILES string of the molecule is NCCCO[C@H]1O[C@H](CO)[C@@H](O)[C@@H](O)[C@@H]1O. The lowest BCUT2D eigenvalue weighted by molar-refractivity contribution is -0.301.